The molecule has 0 aliphatic heterocycles. The minimum absolute atomic E-state index is 0.273. The highest BCUT2D eigenvalue weighted by molar-refractivity contribution is 5.95. The molecule has 1 amide bonds. The number of rotatable bonds is 4. The first-order chi connectivity index (χ1) is 7.06. The van der Waals surface area contributed by atoms with Gasteiger partial charge in [0.1, 0.15) is 0 Å². The molecule has 0 saturated carbocycles. The summed E-state index contributed by atoms with van der Waals surface area (Å²) >= 11 is 0. The molecule has 4 nitrogen and oxygen atoms in total. The second-order valence-corrected chi connectivity index (χ2v) is 3.24. The van der Waals surface area contributed by atoms with E-state index in [2.05, 4.69) is 5.32 Å². The Morgan fingerprint density at radius 3 is 2.60 bits per heavy atom. The summed E-state index contributed by atoms with van der Waals surface area (Å²) in [5.74, 6) is -2.36. The van der Waals surface area contributed by atoms with Gasteiger partial charge in [-0.15, -0.1) is 0 Å². The van der Waals surface area contributed by atoms with E-state index in [4.69, 9.17) is 4.74 Å². The summed E-state index contributed by atoms with van der Waals surface area (Å²) in [5, 5.41) is 12.2. The molecule has 4 heteroatoms. The number of para-hydroxylation sites is 1. The van der Waals surface area contributed by atoms with Gasteiger partial charge in [0.2, 0.25) is 5.79 Å². The molecule has 15 heavy (non-hydrogen) atoms. The van der Waals surface area contributed by atoms with Gasteiger partial charge in [-0.05, 0) is 26.0 Å². The van der Waals surface area contributed by atoms with Gasteiger partial charge in [-0.25, -0.2) is 0 Å². The fourth-order valence-corrected chi connectivity index (χ4v) is 1.12. The van der Waals surface area contributed by atoms with Gasteiger partial charge in [0.25, 0.3) is 5.91 Å². The van der Waals surface area contributed by atoms with Crippen LogP contribution in [0.5, 0.6) is 0 Å². The van der Waals surface area contributed by atoms with E-state index in [1.165, 1.54) is 6.92 Å². The van der Waals surface area contributed by atoms with E-state index in [-0.39, 0.29) is 6.61 Å². The first kappa shape index (κ1) is 11.7. The number of carbonyl (C=O) groups excluding carboxylic acids is 1. The van der Waals surface area contributed by atoms with Crippen molar-refractivity contribution < 1.29 is 14.6 Å². The monoisotopic (exact) mass is 209 g/mol. The number of benzene rings is 1. The first-order valence-corrected chi connectivity index (χ1v) is 4.79. The summed E-state index contributed by atoms with van der Waals surface area (Å²) < 4.78 is 4.91. The van der Waals surface area contributed by atoms with E-state index in [1.807, 2.05) is 6.07 Å². The lowest BCUT2D eigenvalue weighted by atomic mass is 10.2. The SMILES string of the molecule is CCOC(C)(O)C(=O)Nc1ccccc1. The van der Waals surface area contributed by atoms with Crippen molar-refractivity contribution in [2.24, 2.45) is 0 Å². The summed E-state index contributed by atoms with van der Waals surface area (Å²) in [6.45, 7) is 3.30. The first-order valence-electron chi connectivity index (χ1n) is 4.79. The van der Waals surface area contributed by atoms with Crippen molar-refractivity contribution >= 4 is 11.6 Å². The van der Waals surface area contributed by atoms with Crippen molar-refractivity contribution in [2.75, 3.05) is 11.9 Å². The molecular weight excluding hydrogens is 194 g/mol. The maximum Gasteiger partial charge on any atom is 0.284 e. The van der Waals surface area contributed by atoms with Crippen molar-refractivity contribution in [3.63, 3.8) is 0 Å². The Hall–Kier alpha value is -1.39. The maximum atomic E-state index is 11.5. The fourth-order valence-electron chi connectivity index (χ4n) is 1.12. The van der Waals surface area contributed by atoms with Gasteiger partial charge in [-0.2, -0.15) is 0 Å². The maximum absolute atomic E-state index is 11.5. The highest BCUT2D eigenvalue weighted by Gasteiger charge is 2.30. The topological polar surface area (TPSA) is 58.6 Å². The standard InChI is InChI=1S/C11H15NO3/c1-3-15-11(2,14)10(13)12-9-7-5-4-6-8-9/h4-8,14H,3H2,1-2H3,(H,12,13). The Bertz CT molecular complexity index is 322. The van der Waals surface area contributed by atoms with Crippen molar-refractivity contribution in [2.45, 2.75) is 19.6 Å². The highest BCUT2D eigenvalue weighted by atomic mass is 16.6. The van der Waals surface area contributed by atoms with Gasteiger partial charge >= 0.3 is 0 Å². The molecule has 0 aliphatic carbocycles. The van der Waals surface area contributed by atoms with E-state index in [1.54, 1.807) is 31.2 Å². The lowest BCUT2D eigenvalue weighted by Crippen LogP contribution is -2.42. The zero-order valence-electron chi connectivity index (χ0n) is 8.86. The van der Waals surface area contributed by atoms with Crippen LogP contribution in [0.4, 0.5) is 5.69 Å². The summed E-state index contributed by atoms with van der Waals surface area (Å²) in [6, 6.07) is 8.91. The third-order valence-corrected chi connectivity index (χ3v) is 1.88. The van der Waals surface area contributed by atoms with Gasteiger partial charge in [0, 0.05) is 12.3 Å². The highest BCUT2D eigenvalue weighted by Crippen LogP contribution is 2.11. The summed E-state index contributed by atoms with van der Waals surface area (Å²) in [6.07, 6.45) is 0. The number of hydrogen-bond acceptors (Lipinski definition) is 3. The van der Waals surface area contributed by atoms with Crippen LogP contribution in [0, 0.1) is 0 Å². The van der Waals surface area contributed by atoms with Crippen LogP contribution in [-0.4, -0.2) is 23.4 Å². The molecule has 1 rings (SSSR count). The average molecular weight is 209 g/mol. The van der Waals surface area contributed by atoms with E-state index in [9.17, 15) is 9.90 Å². The van der Waals surface area contributed by atoms with Crippen LogP contribution >= 0.6 is 0 Å². The molecule has 82 valence electrons. The Kier molecular flexibility index (Phi) is 3.82. The minimum Gasteiger partial charge on any atom is -0.358 e. The van der Waals surface area contributed by atoms with Gasteiger partial charge in [-0.3, -0.25) is 4.79 Å². The van der Waals surface area contributed by atoms with Crippen LogP contribution in [0.2, 0.25) is 0 Å². The van der Waals surface area contributed by atoms with Crippen LogP contribution in [0.3, 0.4) is 0 Å². The molecule has 1 aromatic rings. The lowest BCUT2D eigenvalue weighted by molar-refractivity contribution is -0.192. The Morgan fingerprint density at radius 1 is 1.47 bits per heavy atom. The van der Waals surface area contributed by atoms with Crippen molar-refractivity contribution in [3.8, 4) is 0 Å². The molecule has 0 radical (unpaired) electrons. The van der Waals surface area contributed by atoms with E-state index >= 15 is 0 Å². The average Bonchev–Trinajstić information content (AvgIpc) is 2.19. The second kappa shape index (κ2) is 4.91. The fraction of sp³-hybridized carbons (Fsp3) is 0.364. The molecular formula is C11H15NO3. The zero-order chi connectivity index (χ0) is 11.3. The molecule has 0 heterocycles. The number of hydrogen-bond donors (Lipinski definition) is 2. The Labute approximate surface area is 88.9 Å². The third kappa shape index (κ3) is 3.34. The van der Waals surface area contributed by atoms with Crippen LogP contribution in [0.1, 0.15) is 13.8 Å². The van der Waals surface area contributed by atoms with E-state index < -0.39 is 11.7 Å². The molecule has 1 aromatic carbocycles. The van der Waals surface area contributed by atoms with Crippen LogP contribution in [0.25, 0.3) is 0 Å². The molecule has 1 unspecified atom stereocenters. The Balaban J connectivity index is 2.63. The smallest absolute Gasteiger partial charge is 0.284 e. The van der Waals surface area contributed by atoms with Gasteiger partial charge in [-0.1, -0.05) is 18.2 Å². The van der Waals surface area contributed by atoms with Gasteiger partial charge < -0.3 is 15.2 Å². The van der Waals surface area contributed by atoms with Crippen LogP contribution < -0.4 is 5.32 Å². The number of aliphatic hydroxyl groups is 1. The summed E-state index contributed by atoms with van der Waals surface area (Å²) in [4.78, 5) is 11.5. The lowest BCUT2D eigenvalue weighted by Gasteiger charge is -2.21. The number of carbonyl (C=O) groups is 1. The van der Waals surface area contributed by atoms with Crippen LogP contribution in [-0.2, 0) is 9.53 Å². The molecule has 0 bridgehead atoms. The molecule has 0 spiro atoms. The van der Waals surface area contributed by atoms with E-state index in [0.29, 0.717) is 5.69 Å². The zero-order valence-corrected chi connectivity index (χ0v) is 8.86. The molecule has 1 atom stereocenters. The Morgan fingerprint density at radius 2 is 2.07 bits per heavy atom. The summed E-state index contributed by atoms with van der Waals surface area (Å²) in [7, 11) is 0. The molecule has 0 saturated heterocycles. The number of amides is 1. The largest absolute Gasteiger partial charge is 0.358 e. The third-order valence-electron chi connectivity index (χ3n) is 1.88. The molecule has 2 N–H and O–H groups in total. The molecule has 0 fully saturated rings. The summed E-state index contributed by atoms with van der Waals surface area (Å²) in [5.41, 5.74) is 0.627. The molecule has 0 aromatic heterocycles. The van der Waals surface area contributed by atoms with E-state index in [0.717, 1.165) is 0 Å². The predicted molar refractivity (Wildman–Crippen MR) is 57.3 cm³/mol. The number of anilines is 1. The quantitative estimate of drug-likeness (QED) is 0.736. The van der Waals surface area contributed by atoms with Gasteiger partial charge in [0.05, 0.1) is 0 Å². The predicted octanol–water partition coefficient (Wildman–Crippen LogP) is 1.37. The number of ether oxygens (including phenoxy) is 1. The van der Waals surface area contributed by atoms with Crippen molar-refractivity contribution in [3.05, 3.63) is 30.3 Å². The van der Waals surface area contributed by atoms with Crippen molar-refractivity contribution in [1.82, 2.24) is 0 Å². The van der Waals surface area contributed by atoms with Crippen LogP contribution in [0.15, 0.2) is 30.3 Å². The molecule has 0 aliphatic rings. The number of nitrogens with one attached hydrogen (secondary N) is 1. The van der Waals surface area contributed by atoms with Gasteiger partial charge in [0.15, 0.2) is 0 Å². The minimum atomic E-state index is -1.79. The second-order valence-electron chi connectivity index (χ2n) is 3.24. The normalized spacial score (nSPS) is 14.3. The van der Waals surface area contributed by atoms with Crippen molar-refractivity contribution in [1.29, 1.82) is 0 Å².